The van der Waals surface area contributed by atoms with Crippen molar-refractivity contribution in [3.63, 3.8) is 0 Å². The van der Waals surface area contributed by atoms with E-state index in [1.807, 2.05) is 22.7 Å². The number of fused-ring (bicyclic) bond motifs is 1. The van der Waals surface area contributed by atoms with Gasteiger partial charge in [-0.2, -0.15) is 5.10 Å². The second-order valence-electron chi connectivity index (χ2n) is 10.8. The minimum absolute atomic E-state index is 0.0805. The predicted molar refractivity (Wildman–Crippen MR) is 136 cm³/mol. The van der Waals surface area contributed by atoms with Gasteiger partial charge in [0.2, 0.25) is 5.91 Å². The summed E-state index contributed by atoms with van der Waals surface area (Å²) < 4.78 is 15.2. The minimum Gasteiger partial charge on any atom is -0.311 e. The van der Waals surface area contributed by atoms with E-state index in [0.717, 1.165) is 41.4 Å². The summed E-state index contributed by atoms with van der Waals surface area (Å²) in [6.07, 6.45) is 4.09. The lowest BCUT2D eigenvalue weighted by Crippen LogP contribution is -2.59. The fourth-order valence-corrected chi connectivity index (χ4v) is 5.30. The van der Waals surface area contributed by atoms with Gasteiger partial charge in [0.15, 0.2) is 0 Å². The lowest BCUT2D eigenvalue weighted by Gasteiger charge is -2.39. The summed E-state index contributed by atoms with van der Waals surface area (Å²) in [6, 6.07) is 9.05. The van der Waals surface area contributed by atoms with E-state index >= 15 is 0 Å². The van der Waals surface area contributed by atoms with Crippen LogP contribution in [0, 0.1) is 12.7 Å². The zero-order valence-electron chi connectivity index (χ0n) is 21.4. The first-order valence-electron chi connectivity index (χ1n) is 12.6. The van der Waals surface area contributed by atoms with Crippen molar-refractivity contribution in [3.8, 4) is 0 Å². The Labute approximate surface area is 211 Å². The number of carbonyl (C=O) groups is 1. The van der Waals surface area contributed by atoms with Gasteiger partial charge in [0.25, 0.3) is 0 Å². The van der Waals surface area contributed by atoms with Crippen molar-refractivity contribution >= 4 is 11.6 Å². The summed E-state index contributed by atoms with van der Waals surface area (Å²) in [4.78, 5) is 26.9. The second kappa shape index (κ2) is 9.71. The fraction of sp³-hybridized carbons (Fsp3) is 0.481. The van der Waals surface area contributed by atoms with Crippen molar-refractivity contribution in [3.05, 3.63) is 71.3 Å². The monoisotopic (exact) mass is 491 g/mol. The van der Waals surface area contributed by atoms with Gasteiger partial charge in [-0.15, -0.1) is 0 Å². The smallest absolute Gasteiger partial charge is 0.241 e. The number of aromatic nitrogens is 4. The van der Waals surface area contributed by atoms with E-state index in [0.29, 0.717) is 32.1 Å². The molecule has 0 unspecified atom stereocenters. The van der Waals surface area contributed by atoms with Crippen LogP contribution in [0.15, 0.2) is 42.9 Å². The van der Waals surface area contributed by atoms with Gasteiger partial charge in [0.05, 0.1) is 24.5 Å². The van der Waals surface area contributed by atoms with E-state index in [9.17, 15) is 9.18 Å². The normalized spacial score (nSPS) is 21.5. The quantitative estimate of drug-likeness (QED) is 0.571. The molecular weight excluding hydrogens is 457 g/mol. The van der Waals surface area contributed by atoms with Crippen molar-refractivity contribution < 1.29 is 9.18 Å². The third kappa shape index (κ3) is 5.03. The summed E-state index contributed by atoms with van der Waals surface area (Å²) >= 11 is 0. The molecule has 1 N–H and O–H groups in total. The van der Waals surface area contributed by atoms with Crippen LogP contribution in [0.25, 0.3) is 0 Å². The third-order valence-corrected chi connectivity index (χ3v) is 7.29. The van der Waals surface area contributed by atoms with E-state index in [1.165, 1.54) is 12.1 Å². The fourth-order valence-electron chi connectivity index (χ4n) is 5.30. The number of amides is 1. The van der Waals surface area contributed by atoms with Crippen LogP contribution >= 0.6 is 0 Å². The number of anilines is 1. The number of pyridine rings is 1. The van der Waals surface area contributed by atoms with E-state index in [-0.39, 0.29) is 23.2 Å². The van der Waals surface area contributed by atoms with Crippen LogP contribution in [-0.2, 0) is 23.2 Å². The van der Waals surface area contributed by atoms with Crippen LogP contribution < -0.4 is 10.2 Å². The van der Waals surface area contributed by atoms with Crippen LogP contribution in [0.2, 0.25) is 0 Å². The van der Waals surface area contributed by atoms with E-state index in [2.05, 4.69) is 47.1 Å². The number of hydrogen-bond donors (Lipinski definition) is 1. The van der Waals surface area contributed by atoms with E-state index in [1.54, 1.807) is 18.5 Å². The minimum atomic E-state index is -0.246. The second-order valence-corrected chi connectivity index (χ2v) is 10.8. The summed E-state index contributed by atoms with van der Waals surface area (Å²) in [5.74, 6) is 0.704. The SMILES string of the molecule is Cc1ncnn1C[C@H]1CN[C@H](C)CN1CC(=O)N1CC(C)(C)c2ncc(Cc3ccc(F)cc3)cc21. The molecule has 2 aliphatic heterocycles. The molecule has 5 rings (SSSR count). The van der Waals surface area contributed by atoms with Gasteiger partial charge in [-0.3, -0.25) is 14.7 Å². The number of halogens is 1. The number of piperazine rings is 1. The number of nitrogens with one attached hydrogen (secondary N) is 1. The molecule has 36 heavy (non-hydrogen) atoms. The van der Waals surface area contributed by atoms with Crippen LogP contribution in [0.1, 0.15) is 43.4 Å². The zero-order chi connectivity index (χ0) is 25.4. The van der Waals surface area contributed by atoms with Gasteiger partial charge in [-0.05, 0) is 49.6 Å². The first kappa shape index (κ1) is 24.5. The molecular formula is C27H34FN7O. The molecule has 9 heteroatoms. The largest absolute Gasteiger partial charge is 0.311 e. The molecule has 0 aliphatic carbocycles. The number of rotatable bonds is 6. The lowest BCUT2D eigenvalue weighted by atomic mass is 9.91. The average molecular weight is 492 g/mol. The zero-order valence-corrected chi connectivity index (χ0v) is 21.4. The molecule has 2 aromatic heterocycles. The van der Waals surface area contributed by atoms with Crippen molar-refractivity contribution in [2.45, 2.75) is 58.2 Å². The Morgan fingerprint density at radius 3 is 2.69 bits per heavy atom. The Hall–Kier alpha value is -3.17. The molecule has 4 heterocycles. The molecule has 2 atom stereocenters. The number of nitrogens with zero attached hydrogens (tertiary/aromatic N) is 6. The Morgan fingerprint density at radius 2 is 1.97 bits per heavy atom. The van der Waals surface area contributed by atoms with Gasteiger partial charge in [0, 0.05) is 43.3 Å². The van der Waals surface area contributed by atoms with E-state index < -0.39 is 0 Å². The van der Waals surface area contributed by atoms with Crippen LogP contribution in [0.5, 0.6) is 0 Å². The Kier molecular flexibility index (Phi) is 6.61. The number of carbonyl (C=O) groups excluding carboxylic acids is 1. The lowest BCUT2D eigenvalue weighted by molar-refractivity contribution is -0.120. The Balaban J connectivity index is 1.36. The maximum absolute atomic E-state index is 13.8. The van der Waals surface area contributed by atoms with Crippen LogP contribution in [-0.4, -0.2) is 68.8 Å². The topological polar surface area (TPSA) is 79.2 Å². The molecule has 1 amide bonds. The van der Waals surface area contributed by atoms with Crippen molar-refractivity contribution in [1.82, 2.24) is 30.0 Å². The number of aryl methyl sites for hydroxylation is 1. The van der Waals surface area contributed by atoms with Gasteiger partial charge in [0.1, 0.15) is 18.0 Å². The summed E-state index contributed by atoms with van der Waals surface area (Å²) in [5.41, 5.74) is 3.62. The maximum Gasteiger partial charge on any atom is 0.241 e. The van der Waals surface area contributed by atoms with Crippen molar-refractivity contribution in [2.75, 3.05) is 31.1 Å². The molecule has 0 saturated carbocycles. The van der Waals surface area contributed by atoms with Gasteiger partial charge in [-0.1, -0.05) is 26.0 Å². The van der Waals surface area contributed by atoms with E-state index in [4.69, 9.17) is 4.98 Å². The molecule has 0 spiro atoms. The van der Waals surface area contributed by atoms with Crippen LogP contribution in [0.4, 0.5) is 10.1 Å². The molecule has 0 radical (unpaired) electrons. The third-order valence-electron chi connectivity index (χ3n) is 7.29. The first-order chi connectivity index (χ1) is 17.2. The molecule has 1 fully saturated rings. The molecule has 3 aromatic rings. The van der Waals surface area contributed by atoms with Crippen molar-refractivity contribution in [1.29, 1.82) is 0 Å². The highest BCUT2D eigenvalue weighted by Crippen LogP contribution is 2.39. The standard InChI is InChI=1S/C27H34FN7O/c1-18-13-33(23(12-29-18)14-35-19(2)31-17-32-35)15-25(36)34-16-27(3,4)26-24(34)10-21(11-30-26)9-20-5-7-22(28)8-6-20/h5-8,10-11,17-18,23,29H,9,12-16H2,1-4H3/t18-,23-/m1/s1. The highest BCUT2D eigenvalue weighted by atomic mass is 19.1. The molecule has 8 nitrogen and oxygen atoms in total. The van der Waals surface area contributed by atoms with Crippen LogP contribution in [0.3, 0.4) is 0 Å². The predicted octanol–water partition coefficient (Wildman–Crippen LogP) is 2.70. The Bertz CT molecular complexity index is 1240. The molecule has 0 bridgehead atoms. The number of benzene rings is 1. The molecule has 2 aliphatic rings. The van der Waals surface area contributed by atoms with Gasteiger partial charge >= 0.3 is 0 Å². The average Bonchev–Trinajstić information content (AvgIpc) is 3.36. The highest BCUT2D eigenvalue weighted by Gasteiger charge is 2.40. The van der Waals surface area contributed by atoms with Crippen molar-refractivity contribution in [2.24, 2.45) is 0 Å². The Morgan fingerprint density at radius 1 is 1.19 bits per heavy atom. The highest BCUT2D eigenvalue weighted by molar-refractivity contribution is 5.97. The molecule has 190 valence electrons. The summed E-state index contributed by atoms with van der Waals surface area (Å²) in [5, 5.41) is 7.88. The number of hydrogen-bond acceptors (Lipinski definition) is 6. The molecule has 1 saturated heterocycles. The first-order valence-corrected chi connectivity index (χ1v) is 12.6. The summed E-state index contributed by atoms with van der Waals surface area (Å²) in [6.45, 7) is 11.6. The van der Waals surface area contributed by atoms with Gasteiger partial charge in [-0.25, -0.2) is 14.1 Å². The maximum atomic E-state index is 13.8. The molecule has 1 aromatic carbocycles. The summed E-state index contributed by atoms with van der Waals surface area (Å²) in [7, 11) is 0. The van der Waals surface area contributed by atoms with Gasteiger partial charge < -0.3 is 10.2 Å².